The van der Waals surface area contributed by atoms with Crippen molar-refractivity contribution in [1.82, 2.24) is 15.0 Å². The van der Waals surface area contributed by atoms with E-state index in [1.165, 1.54) is 0 Å². The van der Waals surface area contributed by atoms with Crippen molar-refractivity contribution in [3.8, 4) is 0 Å². The number of nitrogens with one attached hydrogen (secondary N) is 1. The maximum Gasteiger partial charge on any atom is 0.229 e. The van der Waals surface area contributed by atoms with Crippen molar-refractivity contribution in [1.29, 1.82) is 0 Å². The van der Waals surface area contributed by atoms with Crippen molar-refractivity contribution < 1.29 is 0 Å². The average molecular weight is 285 g/mol. The smallest absolute Gasteiger partial charge is 0.229 e. The number of hydrogen-bond donors (Lipinski definition) is 1. The molecule has 0 amide bonds. The molecule has 5 heteroatoms. The number of aromatic nitrogens is 3. The maximum absolute atomic E-state index is 4.63. The van der Waals surface area contributed by atoms with Gasteiger partial charge in [-0.3, -0.25) is 4.98 Å². The summed E-state index contributed by atoms with van der Waals surface area (Å²) in [6, 6.07) is 5.94. The first-order valence-electron chi connectivity index (χ1n) is 7.56. The van der Waals surface area contributed by atoms with E-state index < -0.39 is 0 Å². The number of hydrogen-bond acceptors (Lipinski definition) is 5. The fraction of sp³-hybridized carbons (Fsp3) is 0.438. The minimum atomic E-state index is 0.635. The third kappa shape index (κ3) is 4.15. The molecule has 0 bridgehead atoms. The van der Waals surface area contributed by atoms with Gasteiger partial charge in [0.15, 0.2) is 0 Å². The highest BCUT2D eigenvalue weighted by Gasteiger charge is 2.09. The van der Waals surface area contributed by atoms with E-state index in [0.29, 0.717) is 5.95 Å². The van der Waals surface area contributed by atoms with Crippen molar-refractivity contribution >= 4 is 17.5 Å². The summed E-state index contributed by atoms with van der Waals surface area (Å²) in [5, 5.41) is 3.23. The lowest BCUT2D eigenvalue weighted by atomic mass is 10.2. The zero-order valence-corrected chi connectivity index (χ0v) is 13.0. The van der Waals surface area contributed by atoms with E-state index in [1.54, 1.807) is 12.4 Å². The summed E-state index contributed by atoms with van der Waals surface area (Å²) in [7, 11) is 0. The molecule has 0 aliphatic carbocycles. The molecule has 0 spiro atoms. The third-order valence-electron chi connectivity index (χ3n) is 3.28. The van der Waals surface area contributed by atoms with E-state index in [-0.39, 0.29) is 0 Å². The molecular formula is C16H23N5. The van der Waals surface area contributed by atoms with Gasteiger partial charge in [-0.25, -0.2) is 4.98 Å². The van der Waals surface area contributed by atoms with Crippen LogP contribution in [0.15, 0.2) is 30.6 Å². The summed E-state index contributed by atoms with van der Waals surface area (Å²) >= 11 is 0. The van der Waals surface area contributed by atoms with Crippen LogP contribution in [0.2, 0.25) is 0 Å². The third-order valence-corrected chi connectivity index (χ3v) is 3.28. The molecule has 0 saturated carbocycles. The lowest BCUT2D eigenvalue weighted by molar-refractivity contribution is 0.824. The van der Waals surface area contributed by atoms with Gasteiger partial charge >= 0.3 is 0 Å². The first-order chi connectivity index (χ1) is 10.3. The van der Waals surface area contributed by atoms with Gasteiger partial charge in [0.1, 0.15) is 5.82 Å². The van der Waals surface area contributed by atoms with Crippen molar-refractivity contribution in [2.24, 2.45) is 0 Å². The van der Waals surface area contributed by atoms with Crippen molar-refractivity contribution in [2.75, 3.05) is 23.3 Å². The Morgan fingerprint density at radius 1 is 1.14 bits per heavy atom. The van der Waals surface area contributed by atoms with Crippen LogP contribution in [0.25, 0.3) is 0 Å². The Morgan fingerprint density at radius 2 is 1.95 bits per heavy atom. The number of rotatable bonds is 7. The van der Waals surface area contributed by atoms with Gasteiger partial charge in [-0.1, -0.05) is 13.3 Å². The van der Waals surface area contributed by atoms with Crippen LogP contribution in [0.5, 0.6) is 0 Å². The Bertz CT molecular complexity index is 552. The van der Waals surface area contributed by atoms with Crippen molar-refractivity contribution in [3.05, 3.63) is 36.3 Å². The number of nitrogens with zero attached hydrogens (tertiary/aromatic N) is 4. The van der Waals surface area contributed by atoms with Gasteiger partial charge in [0.2, 0.25) is 5.95 Å². The average Bonchev–Trinajstić information content (AvgIpc) is 2.50. The van der Waals surface area contributed by atoms with Gasteiger partial charge in [0, 0.05) is 31.0 Å². The maximum atomic E-state index is 4.63. The van der Waals surface area contributed by atoms with Crippen LogP contribution in [-0.4, -0.2) is 28.0 Å². The molecule has 2 rings (SSSR count). The van der Waals surface area contributed by atoms with Crippen molar-refractivity contribution in [2.45, 2.75) is 33.6 Å². The monoisotopic (exact) mass is 285 g/mol. The molecule has 2 aromatic rings. The van der Waals surface area contributed by atoms with E-state index >= 15 is 0 Å². The van der Waals surface area contributed by atoms with Gasteiger partial charge in [0.25, 0.3) is 0 Å². The zero-order valence-electron chi connectivity index (χ0n) is 13.0. The summed E-state index contributed by atoms with van der Waals surface area (Å²) in [5.41, 5.74) is 1.97. The van der Waals surface area contributed by atoms with Crippen LogP contribution < -0.4 is 10.2 Å². The largest absolute Gasteiger partial charge is 0.357 e. The molecule has 0 radical (unpaired) electrons. The lowest BCUT2D eigenvalue weighted by Crippen LogP contribution is -2.23. The van der Waals surface area contributed by atoms with E-state index in [9.17, 15) is 0 Å². The normalized spacial score (nSPS) is 10.4. The van der Waals surface area contributed by atoms with E-state index in [0.717, 1.165) is 43.1 Å². The Kier molecular flexibility index (Phi) is 5.49. The quantitative estimate of drug-likeness (QED) is 0.845. The Hall–Kier alpha value is -2.17. The number of pyridine rings is 1. The SMILES string of the molecule is CCCc1cc(N(CC)CC)nc(Nc2cccnc2)n1. The number of anilines is 3. The minimum Gasteiger partial charge on any atom is -0.357 e. The molecular weight excluding hydrogens is 262 g/mol. The Labute approximate surface area is 126 Å². The summed E-state index contributed by atoms with van der Waals surface area (Å²) in [6.07, 6.45) is 5.55. The Morgan fingerprint density at radius 3 is 2.57 bits per heavy atom. The molecule has 0 saturated heterocycles. The topological polar surface area (TPSA) is 53.9 Å². The lowest BCUT2D eigenvalue weighted by Gasteiger charge is -2.21. The van der Waals surface area contributed by atoms with Crippen LogP contribution >= 0.6 is 0 Å². The minimum absolute atomic E-state index is 0.635. The standard InChI is InChI=1S/C16H23N5/c1-4-8-13-11-15(21(5-2)6-3)20-16(18-13)19-14-9-7-10-17-12-14/h7,9-12H,4-6,8H2,1-3H3,(H,18,19,20). The van der Waals surface area contributed by atoms with Gasteiger partial charge in [-0.05, 0) is 32.4 Å². The van der Waals surface area contributed by atoms with Crippen LogP contribution in [0.4, 0.5) is 17.5 Å². The van der Waals surface area contributed by atoms with Gasteiger partial charge in [0.05, 0.1) is 11.9 Å². The summed E-state index contributed by atoms with van der Waals surface area (Å²) < 4.78 is 0. The fourth-order valence-corrected chi connectivity index (χ4v) is 2.20. The molecule has 0 aliphatic rings. The highest BCUT2D eigenvalue weighted by atomic mass is 15.2. The predicted octanol–water partition coefficient (Wildman–Crippen LogP) is 3.41. The van der Waals surface area contributed by atoms with Gasteiger partial charge < -0.3 is 10.2 Å². The van der Waals surface area contributed by atoms with Crippen LogP contribution in [-0.2, 0) is 6.42 Å². The molecule has 2 heterocycles. The molecule has 0 aliphatic heterocycles. The second-order valence-corrected chi connectivity index (χ2v) is 4.83. The molecule has 0 unspecified atom stereocenters. The summed E-state index contributed by atoms with van der Waals surface area (Å²) in [6.45, 7) is 8.31. The van der Waals surface area contributed by atoms with E-state index in [4.69, 9.17) is 0 Å². The Balaban J connectivity index is 2.30. The fourth-order valence-electron chi connectivity index (χ4n) is 2.20. The second kappa shape index (κ2) is 7.57. The number of aryl methyl sites for hydroxylation is 1. The second-order valence-electron chi connectivity index (χ2n) is 4.83. The molecule has 5 nitrogen and oxygen atoms in total. The van der Waals surface area contributed by atoms with Gasteiger partial charge in [-0.15, -0.1) is 0 Å². The predicted molar refractivity (Wildman–Crippen MR) is 87.1 cm³/mol. The molecule has 112 valence electrons. The highest BCUT2D eigenvalue weighted by molar-refractivity contribution is 5.54. The van der Waals surface area contributed by atoms with Crippen LogP contribution in [0.3, 0.4) is 0 Å². The van der Waals surface area contributed by atoms with E-state index in [1.807, 2.05) is 12.1 Å². The van der Waals surface area contributed by atoms with Crippen LogP contribution in [0, 0.1) is 0 Å². The molecule has 0 atom stereocenters. The van der Waals surface area contributed by atoms with Gasteiger partial charge in [-0.2, -0.15) is 4.98 Å². The zero-order chi connectivity index (χ0) is 15.1. The first kappa shape index (κ1) is 15.2. The van der Waals surface area contributed by atoms with Crippen LogP contribution in [0.1, 0.15) is 32.9 Å². The molecule has 2 aromatic heterocycles. The first-order valence-corrected chi connectivity index (χ1v) is 7.56. The highest BCUT2D eigenvalue weighted by Crippen LogP contribution is 2.18. The summed E-state index contributed by atoms with van der Waals surface area (Å²) in [5.74, 6) is 1.61. The summed E-state index contributed by atoms with van der Waals surface area (Å²) in [4.78, 5) is 15.6. The van der Waals surface area contributed by atoms with E-state index in [2.05, 4.69) is 52.0 Å². The van der Waals surface area contributed by atoms with Crippen molar-refractivity contribution in [3.63, 3.8) is 0 Å². The molecule has 1 N–H and O–H groups in total. The molecule has 0 aromatic carbocycles. The molecule has 0 fully saturated rings. The molecule has 21 heavy (non-hydrogen) atoms.